The van der Waals surface area contributed by atoms with E-state index in [1.54, 1.807) is 16.7 Å². The number of hydrogen-bond acceptors (Lipinski definition) is 6. The highest BCUT2D eigenvalue weighted by atomic mass is 35.5. The van der Waals surface area contributed by atoms with Crippen LogP contribution in [-0.4, -0.2) is 60.9 Å². The Labute approximate surface area is 149 Å². The molecule has 0 aliphatic carbocycles. The van der Waals surface area contributed by atoms with E-state index in [4.69, 9.17) is 28.3 Å². The normalized spacial score (nSPS) is 15.7. The Balaban J connectivity index is 2.43. The minimum Gasteiger partial charge on any atom is -0.394 e. The van der Waals surface area contributed by atoms with Gasteiger partial charge in [0, 0.05) is 6.04 Å². The monoisotopic (exact) mass is 377 g/mol. The van der Waals surface area contributed by atoms with Gasteiger partial charge in [0.05, 0.1) is 34.2 Å². The molecule has 0 aliphatic rings. The van der Waals surface area contributed by atoms with Crippen molar-refractivity contribution < 1.29 is 20.4 Å². The summed E-state index contributed by atoms with van der Waals surface area (Å²) in [6, 6.07) is 3.32. The fourth-order valence-electron chi connectivity index (χ4n) is 2.33. The third-order valence-corrected chi connectivity index (χ3v) is 4.28. The summed E-state index contributed by atoms with van der Waals surface area (Å²) >= 11 is 12.1. The zero-order valence-corrected chi connectivity index (χ0v) is 14.8. The summed E-state index contributed by atoms with van der Waals surface area (Å²) < 4.78 is 1.65. The Hall–Kier alpha value is -1.09. The van der Waals surface area contributed by atoms with Gasteiger partial charge in [0.25, 0.3) is 0 Å². The van der Waals surface area contributed by atoms with Crippen LogP contribution in [0.1, 0.15) is 13.8 Å². The molecule has 2 aromatic rings. The predicted molar refractivity (Wildman–Crippen MR) is 93.6 cm³/mol. The molecule has 1 aromatic carbocycles. The number of nitrogens with zero attached hydrogens (tertiary/aromatic N) is 2. The number of fused-ring (bicyclic) bond motifs is 1. The molecule has 0 radical (unpaired) electrons. The van der Waals surface area contributed by atoms with Gasteiger partial charge in [0.15, 0.2) is 0 Å². The van der Waals surface area contributed by atoms with E-state index in [9.17, 15) is 15.3 Å². The molecule has 134 valence electrons. The van der Waals surface area contributed by atoms with E-state index in [1.807, 2.05) is 13.8 Å². The predicted octanol–water partition coefficient (Wildman–Crippen LogP) is 1.24. The fourth-order valence-corrected chi connectivity index (χ4v) is 2.65. The lowest BCUT2D eigenvalue weighted by molar-refractivity contribution is -0.0801. The number of halogens is 2. The number of aromatic nitrogens is 2. The van der Waals surface area contributed by atoms with E-state index in [1.165, 1.54) is 0 Å². The van der Waals surface area contributed by atoms with Gasteiger partial charge in [0.1, 0.15) is 18.3 Å². The molecule has 0 fully saturated rings. The summed E-state index contributed by atoms with van der Waals surface area (Å²) in [5.74, 6) is 0.475. The third kappa shape index (κ3) is 4.11. The highest BCUT2D eigenvalue weighted by molar-refractivity contribution is 6.42. The lowest BCUT2D eigenvalue weighted by atomic mass is 10.1. The van der Waals surface area contributed by atoms with Gasteiger partial charge in [-0.2, -0.15) is 0 Å². The van der Waals surface area contributed by atoms with Crippen LogP contribution in [0.15, 0.2) is 12.1 Å². The Kier molecular flexibility index (Phi) is 6.30. The first-order valence-electron chi connectivity index (χ1n) is 7.51. The quantitative estimate of drug-likeness (QED) is 0.496. The van der Waals surface area contributed by atoms with Crippen LogP contribution in [0.4, 0.5) is 5.95 Å². The van der Waals surface area contributed by atoms with Crippen molar-refractivity contribution >= 4 is 40.2 Å². The molecule has 0 saturated heterocycles. The van der Waals surface area contributed by atoms with E-state index >= 15 is 0 Å². The van der Waals surface area contributed by atoms with Crippen LogP contribution in [0.5, 0.6) is 0 Å². The van der Waals surface area contributed by atoms with Gasteiger partial charge in [-0.25, -0.2) is 4.98 Å². The summed E-state index contributed by atoms with van der Waals surface area (Å²) in [6.07, 6.45) is -4.25. The van der Waals surface area contributed by atoms with Crippen molar-refractivity contribution in [3.8, 4) is 0 Å². The topological polar surface area (TPSA) is 111 Å². The molecule has 24 heavy (non-hydrogen) atoms. The molecule has 0 bridgehead atoms. The molecular formula is C15H21Cl2N3O4. The van der Waals surface area contributed by atoms with Crippen molar-refractivity contribution in [2.24, 2.45) is 0 Å². The lowest BCUT2D eigenvalue weighted by Gasteiger charge is -2.23. The van der Waals surface area contributed by atoms with Gasteiger partial charge in [-0.3, -0.25) is 0 Å². The van der Waals surface area contributed by atoms with Crippen LogP contribution in [0.25, 0.3) is 11.0 Å². The molecule has 3 atom stereocenters. The Bertz CT molecular complexity index is 708. The van der Waals surface area contributed by atoms with E-state index in [0.717, 1.165) is 0 Å². The van der Waals surface area contributed by atoms with Gasteiger partial charge in [-0.05, 0) is 26.0 Å². The zero-order valence-electron chi connectivity index (χ0n) is 13.3. The number of imidazole rings is 1. The molecule has 0 spiro atoms. The standard InChI is InChI=1S/C15H21Cl2N3O4/c1-7(2)18-15-19-10-3-8(16)9(17)4-11(10)20(15)5-12(22)14(24)13(23)6-21/h3-4,7,12-14,21-24H,5-6H2,1-2H3,(H,18,19). The maximum Gasteiger partial charge on any atom is 0.204 e. The third-order valence-electron chi connectivity index (χ3n) is 3.55. The molecule has 9 heteroatoms. The maximum atomic E-state index is 10.2. The summed E-state index contributed by atoms with van der Waals surface area (Å²) in [7, 11) is 0. The van der Waals surface area contributed by atoms with Gasteiger partial charge >= 0.3 is 0 Å². The highest BCUT2D eigenvalue weighted by Gasteiger charge is 2.26. The van der Waals surface area contributed by atoms with Crippen molar-refractivity contribution in [2.75, 3.05) is 11.9 Å². The van der Waals surface area contributed by atoms with Crippen molar-refractivity contribution in [3.05, 3.63) is 22.2 Å². The van der Waals surface area contributed by atoms with Crippen LogP contribution in [0, 0.1) is 0 Å². The van der Waals surface area contributed by atoms with Crippen LogP contribution in [0.3, 0.4) is 0 Å². The first-order chi connectivity index (χ1) is 11.2. The Morgan fingerprint density at radius 1 is 1.12 bits per heavy atom. The number of aliphatic hydroxyl groups is 4. The summed E-state index contributed by atoms with van der Waals surface area (Å²) in [6.45, 7) is 3.16. The molecular weight excluding hydrogens is 357 g/mol. The number of aliphatic hydroxyl groups excluding tert-OH is 4. The molecule has 5 N–H and O–H groups in total. The zero-order chi connectivity index (χ0) is 18.0. The van der Waals surface area contributed by atoms with Crippen molar-refractivity contribution in [2.45, 2.75) is 44.7 Å². The average molecular weight is 378 g/mol. The maximum absolute atomic E-state index is 10.2. The molecule has 0 saturated carbocycles. The largest absolute Gasteiger partial charge is 0.394 e. The van der Waals surface area contributed by atoms with Gasteiger partial charge in [-0.1, -0.05) is 23.2 Å². The molecule has 1 aromatic heterocycles. The van der Waals surface area contributed by atoms with E-state index in [0.29, 0.717) is 27.0 Å². The molecule has 7 nitrogen and oxygen atoms in total. The van der Waals surface area contributed by atoms with Gasteiger partial charge < -0.3 is 30.3 Å². The second-order valence-electron chi connectivity index (χ2n) is 5.91. The summed E-state index contributed by atoms with van der Waals surface area (Å²) in [4.78, 5) is 4.44. The van der Waals surface area contributed by atoms with Crippen LogP contribution >= 0.6 is 23.2 Å². The fraction of sp³-hybridized carbons (Fsp3) is 0.533. The Morgan fingerprint density at radius 3 is 2.33 bits per heavy atom. The number of hydrogen-bond donors (Lipinski definition) is 5. The molecule has 0 aliphatic heterocycles. The number of benzene rings is 1. The highest BCUT2D eigenvalue weighted by Crippen LogP contribution is 2.30. The van der Waals surface area contributed by atoms with E-state index < -0.39 is 24.9 Å². The van der Waals surface area contributed by atoms with Crippen molar-refractivity contribution in [1.82, 2.24) is 9.55 Å². The van der Waals surface area contributed by atoms with Crippen molar-refractivity contribution in [3.63, 3.8) is 0 Å². The number of rotatable bonds is 7. The average Bonchev–Trinajstić information content (AvgIpc) is 2.82. The number of anilines is 1. The van der Waals surface area contributed by atoms with Crippen LogP contribution in [0.2, 0.25) is 10.0 Å². The molecule has 0 amide bonds. The van der Waals surface area contributed by atoms with Crippen LogP contribution < -0.4 is 5.32 Å². The first kappa shape index (κ1) is 19.2. The smallest absolute Gasteiger partial charge is 0.204 e. The number of nitrogens with one attached hydrogen (secondary N) is 1. The van der Waals surface area contributed by atoms with E-state index in [-0.39, 0.29) is 12.6 Å². The second kappa shape index (κ2) is 7.86. The second-order valence-corrected chi connectivity index (χ2v) is 6.72. The first-order valence-corrected chi connectivity index (χ1v) is 8.27. The summed E-state index contributed by atoms with van der Waals surface area (Å²) in [5, 5.41) is 42.3. The SMILES string of the molecule is CC(C)Nc1nc2cc(Cl)c(Cl)cc2n1CC(O)C(O)C(O)CO. The van der Waals surface area contributed by atoms with Crippen LogP contribution in [-0.2, 0) is 6.54 Å². The lowest BCUT2D eigenvalue weighted by Crippen LogP contribution is -2.41. The summed E-state index contributed by atoms with van der Waals surface area (Å²) in [5.41, 5.74) is 1.20. The molecule has 2 rings (SSSR count). The molecule has 3 unspecified atom stereocenters. The Morgan fingerprint density at radius 2 is 1.75 bits per heavy atom. The minimum atomic E-state index is -1.50. The molecule has 1 heterocycles. The van der Waals surface area contributed by atoms with E-state index in [2.05, 4.69) is 10.3 Å². The van der Waals surface area contributed by atoms with Gasteiger partial charge in [-0.15, -0.1) is 0 Å². The van der Waals surface area contributed by atoms with Gasteiger partial charge in [0.2, 0.25) is 5.95 Å². The minimum absolute atomic E-state index is 0.0538. The van der Waals surface area contributed by atoms with Crippen molar-refractivity contribution in [1.29, 1.82) is 0 Å².